The van der Waals surface area contributed by atoms with E-state index in [0.717, 1.165) is 11.6 Å². The fraction of sp³-hybridized carbons (Fsp3) is 0.222. The number of rotatable bonds is 6. The van der Waals surface area contributed by atoms with Crippen LogP contribution in [0.25, 0.3) is 0 Å². The van der Waals surface area contributed by atoms with Crippen LogP contribution in [0.5, 0.6) is 0 Å². The van der Waals surface area contributed by atoms with E-state index in [9.17, 15) is 19.7 Å². The van der Waals surface area contributed by atoms with E-state index in [0.29, 0.717) is 16.4 Å². The SMILES string of the molecule is Cc1ccc(Cl)cc1NC(=O)COC(=O)c1cc([N+](=O)[O-])ccc1N(C)C. The average molecular weight is 392 g/mol. The zero-order chi connectivity index (χ0) is 20.1. The van der Waals surface area contributed by atoms with Gasteiger partial charge in [-0.05, 0) is 30.7 Å². The maximum absolute atomic E-state index is 12.4. The predicted octanol–water partition coefficient (Wildman–Crippen LogP) is 3.42. The van der Waals surface area contributed by atoms with Gasteiger partial charge in [-0.3, -0.25) is 14.9 Å². The molecule has 0 aromatic heterocycles. The van der Waals surface area contributed by atoms with Crippen molar-refractivity contribution in [3.8, 4) is 0 Å². The molecule has 0 unspecified atom stereocenters. The van der Waals surface area contributed by atoms with E-state index < -0.39 is 23.4 Å². The van der Waals surface area contributed by atoms with Crippen LogP contribution in [0.15, 0.2) is 36.4 Å². The number of nitrogens with one attached hydrogen (secondary N) is 1. The summed E-state index contributed by atoms with van der Waals surface area (Å²) in [6.07, 6.45) is 0. The van der Waals surface area contributed by atoms with Gasteiger partial charge in [0.2, 0.25) is 0 Å². The van der Waals surface area contributed by atoms with Gasteiger partial charge < -0.3 is 15.0 Å². The highest BCUT2D eigenvalue weighted by atomic mass is 35.5. The molecule has 2 aromatic carbocycles. The number of benzene rings is 2. The molecule has 27 heavy (non-hydrogen) atoms. The van der Waals surface area contributed by atoms with Crippen LogP contribution in [0, 0.1) is 17.0 Å². The van der Waals surface area contributed by atoms with E-state index in [1.807, 2.05) is 0 Å². The summed E-state index contributed by atoms with van der Waals surface area (Å²) in [5.74, 6) is -1.38. The van der Waals surface area contributed by atoms with Crippen molar-refractivity contribution in [2.24, 2.45) is 0 Å². The highest BCUT2D eigenvalue weighted by molar-refractivity contribution is 6.31. The Hall–Kier alpha value is -3.13. The first-order valence-electron chi connectivity index (χ1n) is 7.88. The number of halogens is 1. The Labute approximate surface area is 160 Å². The molecule has 0 aliphatic rings. The van der Waals surface area contributed by atoms with Gasteiger partial charge in [-0.15, -0.1) is 0 Å². The minimum atomic E-state index is -0.833. The van der Waals surface area contributed by atoms with Crippen molar-refractivity contribution >= 4 is 40.5 Å². The van der Waals surface area contributed by atoms with Crippen molar-refractivity contribution in [3.63, 3.8) is 0 Å². The van der Waals surface area contributed by atoms with E-state index in [-0.39, 0.29) is 11.3 Å². The highest BCUT2D eigenvalue weighted by Crippen LogP contribution is 2.25. The van der Waals surface area contributed by atoms with Gasteiger partial charge in [-0.25, -0.2) is 4.79 Å². The lowest BCUT2D eigenvalue weighted by Gasteiger charge is -2.16. The maximum atomic E-state index is 12.4. The van der Waals surface area contributed by atoms with Gasteiger partial charge in [-0.2, -0.15) is 0 Å². The molecule has 0 heterocycles. The molecule has 0 aliphatic carbocycles. The maximum Gasteiger partial charge on any atom is 0.341 e. The molecular weight excluding hydrogens is 374 g/mol. The molecule has 2 rings (SSSR count). The minimum absolute atomic E-state index is 0.000867. The number of non-ortho nitro benzene ring substituents is 1. The lowest BCUT2D eigenvalue weighted by atomic mass is 10.1. The summed E-state index contributed by atoms with van der Waals surface area (Å²) in [6, 6.07) is 8.89. The summed E-state index contributed by atoms with van der Waals surface area (Å²) < 4.78 is 5.02. The smallest absolute Gasteiger partial charge is 0.341 e. The molecule has 142 valence electrons. The highest BCUT2D eigenvalue weighted by Gasteiger charge is 2.20. The Balaban J connectivity index is 2.10. The van der Waals surface area contributed by atoms with Gasteiger partial charge in [0.25, 0.3) is 11.6 Å². The van der Waals surface area contributed by atoms with Crippen molar-refractivity contribution in [2.45, 2.75) is 6.92 Å². The number of carbonyl (C=O) groups excluding carboxylic acids is 2. The van der Waals surface area contributed by atoms with Crippen LogP contribution in [0.3, 0.4) is 0 Å². The van der Waals surface area contributed by atoms with Gasteiger partial charge in [0.15, 0.2) is 6.61 Å². The molecule has 0 saturated carbocycles. The summed E-state index contributed by atoms with van der Waals surface area (Å²) in [4.78, 5) is 36.4. The number of nitro groups is 1. The first-order valence-corrected chi connectivity index (χ1v) is 8.25. The van der Waals surface area contributed by atoms with Gasteiger partial charge in [0.05, 0.1) is 16.2 Å². The van der Waals surface area contributed by atoms with Gasteiger partial charge in [-0.1, -0.05) is 17.7 Å². The molecule has 0 fully saturated rings. The Morgan fingerprint density at radius 3 is 2.56 bits per heavy atom. The third kappa shape index (κ3) is 5.18. The lowest BCUT2D eigenvalue weighted by Crippen LogP contribution is -2.22. The largest absolute Gasteiger partial charge is 0.452 e. The van der Waals surface area contributed by atoms with E-state index in [4.69, 9.17) is 16.3 Å². The molecule has 0 bridgehead atoms. The second-order valence-corrected chi connectivity index (χ2v) is 6.37. The monoisotopic (exact) mass is 391 g/mol. The molecule has 9 heteroatoms. The summed E-state index contributed by atoms with van der Waals surface area (Å²) in [5, 5.41) is 14.0. The Morgan fingerprint density at radius 2 is 1.93 bits per heavy atom. The fourth-order valence-electron chi connectivity index (χ4n) is 2.32. The number of hydrogen-bond acceptors (Lipinski definition) is 6. The molecule has 1 amide bonds. The normalized spacial score (nSPS) is 10.2. The van der Waals surface area contributed by atoms with Crippen molar-refractivity contribution < 1.29 is 19.2 Å². The summed E-state index contributed by atoms with van der Waals surface area (Å²) in [7, 11) is 3.37. The average Bonchev–Trinajstić information content (AvgIpc) is 2.62. The van der Waals surface area contributed by atoms with Gasteiger partial charge in [0, 0.05) is 36.9 Å². The van der Waals surface area contributed by atoms with E-state index in [2.05, 4.69) is 5.32 Å². The molecule has 0 atom stereocenters. The third-order valence-electron chi connectivity index (χ3n) is 3.70. The molecule has 0 radical (unpaired) electrons. The second-order valence-electron chi connectivity index (χ2n) is 5.94. The fourth-order valence-corrected chi connectivity index (χ4v) is 2.49. The summed E-state index contributed by atoms with van der Waals surface area (Å²) in [6.45, 7) is 1.25. The number of aryl methyl sites for hydroxylation is 1. The molecule has 8 nitrogen and oxygen atoms in total. The van der Waals surface area contributed by atoms with Crippen LogP contribution < -0.4 is 10.2 Å². The molecule has 0 spiro atoms. The van der Waals surface area contributed by atoms with E-state index in [1.165, 1.54) is 12.1 Å². The number of amides is 1. The van der Waals surface area contributed by atoms with Crippen molar-refractivity contribution in [1.29, 1.82) is 0 Å². The lowest BCUT2D eigenvalue weighted by molar-refractivity contribution is -0.384. The zero-order valence-corrected chi connectivity index (χ0v) is 15.7. The third-order valence-corrected chi connectivity index (χ3v) is 3.94. The molecular formula is C18H18ClN3O5. The number of anilines is 2. The van der Waals surface area contributed by atoms with Crippen LogP contribution in [-0.4, -0.2) is 37.5 Å². The first kappa shape index (κ1) is 20.2. The molecule has 2 aromatic rings. The molecule has 1 N–H and O–H groups in total. The summed E-state index contributed by atoms with van der Waals surface area (Å²) in [5.41, 5.74) is 1.50. The number of ether oxygens (including phenoxy) is 1. The number of esters is 1. The Kier molecular flexibility index (Phi) is 6.36. The van der Waals surface area contributed by atoms with E-state index in [1.54, 1.807) is 44.1 Å². The van der Waals surface area contributed by atoms with Crippen molar-refractivity contribution in [1.82, 2.24) is 0 Å². The molecule has 0 saturated heterocycles. The van der Waals surface area contributed by atoms with Crippen LogP contribution in [-0.2, 0) is 9.53 Å². The topological polar surface area (TPSA) is 102 Å². The first-order chi connectivity index (χ1) is 12.7. The van der Waals surface area contributed by atoms with Crippen molar-refractivity contribution in [3.05, 3.63) is 62.7 Å². The number of carbonyl (C=O) groups is 2. The number of nitro benzene ring substituents is 1. The standard InChI is InChI=1S/C18H18ClN3O5/c1-11-4-5-12(19)8-15(11)20-17(23)10-27-18(24)14-9-13(22(25)26)6-7-16(14)21(2)3/h4-9H,10H2,1-3H3,(H,20,23). The Bertz CT molecular complexity index is 899. The minimum Gasteiger partial charge on any atom is -0.452 e. The Morgan fingerprint density at radius 1 is 1.22 bits per heavy atom. The van der Waals surface area contributed by atoms with Crippen LogP contribution >= 0.6 is 11.6 Å². The van der Waals surface area contributed by atoms with Crippen LogP contribution in [0.1, 0.15) is 15.9 Å². The van der Waals surface area contributed by atoms with Gasteiger partial charge in [0.1, 0.15) is 0 Å². The van der Waals surface area contributed by atoms with Gasteiger partial charge >= 0.3 is 5.97 Å². The predicted molar refractivity (Wildman–Crippen MR) is 103 cm³/mol. The quantitative estimate of drug-likeness (QED) is 0.460. The number of hydrogen-bond donors (Lipinski definition) is 1. The second kappa shape index (κ2) is 8.50. The van der Waals surface area contributed by atoms with Crippen molar-refractivity contribution in [2.75, 3.05) is 30.9 Å². The van der Waals surface area contributed by atoms with E-state index >= 15 is 0 Å². The van der Waals surface area contributed by atoms with Crippen LogP contribution in [0.2, 0.25) is 5.02 Å². The summed E-state index contributed by atoms with van der Waals surface area (Å²) >= 11 is 5.90. The number of nitrogens with zero attached hydrogens (tertiary/aromatic N) is 2. The van der Waals surface area contributed by atoms with Crippen LogP contribution in [0.4, 0.5) is 17.1 Å². The zero-order valence-electron chi connectivity index (χ0n) is 15.0. The molecule has 0 aliphatic heterocycles.